The van der Waals surface area contributed by atoms with Crippen molar-refractivity contribution in [1.29, 1.82) is 0 Å². The average Bonchev–Trinajstić information content (AvgIpc) is 3.13. The molecule has 1 fully saturated rings. The van der Waals surface area contributed by atoms with Crippen LogP contribution in [0.15, 0.2) is 24.3 Å². The van der Waals surface area contributed by atoms with E-state index in [-0.39, 0.29) is 6.10 Å². The molecular formula is C19H30N2O3S. The van der Waals surface area contributed by atoms with Crippen LogP contribution in [0.2, 0.25) is 0 Å². The molecule has 0 radical (unpaired) electrons. The molecular weight excluding hydrogens is 336 g/mol. The number of hydrogen-bond acceptors (Lipinski definition) is 4. The maximum Gasteiger partial charge on any atom is 0.169 e. The van der Waals surface area contributed by atoms with Crippen molar-refractivity contribution in [3.63, 3.8) is 0 Å². The summed E-state index contributed by atoms with van der Waals surface area (Å²) in [7, 11) is 1.72. The lowest BCUT2D eigenvalue weighted by Crippen LogP contribution is -2.43. The summed E-state index contributed by atoms with van der Waals surface area (Å²) in [5, 5.41) is 4.11. The molecule has 1 atom stereocenters. The normalized spacial score (nSPS) is 16.6. The number of thiocarbonyl (C=S) groups is 1. The van der Waals surface area contributed by atoms with Crippen molar-refractivity contribution in [2.24, 2.45) is 0 Å². The Morgan fingerprint density at radius 2 is 2.24 bits per heavy atom. The fourth-order valence-corrected chi connectivity index (χ4v) is 3.15. The highest BCUT2D eigenvalue weighted by atomic mass is 32.1. The molecule has 0 spiro atoms. The largest absolute Gasteiger partial charge is 0.494 e. The van der Waals surface area contributed by atoms with Gasteiger partial charge < -0.3 is 24.4 Å². The predicted molar refractivity (Wildman–Crippen MR) is 104 cm³/mol. The minimum atomic E-state index is 0.248. The predicted octanol–water partition coefficient (Wildman–Crippen LogP) is 2.98. The molecule has 0 amide bonds. The molecule has 1 aromatic rings. The van der Waals surface area contributed by atoms with E-state index in [1.165, 1.54) is 0 Å². The Balaban J connectivity index is 2.01. The van der Waals surface area contributed by atoms with Crippen molar-refractivity contribution in [3.8, 4) is 5.75 Å². The van der Waals surface area contributed by atoms with Gasteiger partial charge in [0.05, 0.1) is 12.7 Å². The number of para-hydroxylation sites is 1. The molecule has 0 aliphatic carbocycles. The number of methoxy groups -OCH3 is 1. The monoisotopic (exact) mass is 366 g/mol. The lowest BCUT2D eigenvalue weighted by atomic mass is 10.1. The Kier molecular flexibility index (Phi) is 9.00. The zero-order valence-electron chi connectivity index (χ0n) is 15.3. The molecule has 1 heterocycles. The second kappa shape index (κ2) is 11.3. The average molecular weight is 367 g/mol. The van der Waals surface area contributed by atoms with Crippen molar-refractivity contribution in [2.45, 2.75) is 38.8 Å². The van der Waals surface area contributed by atoms with E-state index in [1.807, 2.05) is 25.1 Å². The fourth-order valence-electron chi connectivity index (χ4n) is 2.91. The van der Waals surface area contributed by atoms with Crippen LogP contribution < -0.4 is 10.1 Å². The summed E-state index contributed by atoms with van der Waals surface area (Å²) < 4.78 is 16.7. The molecule has 5 nitrogen and oxygen atoms in total. The van der Waals surface area contributed by atoms with Gasteiger partial charge in [0.15, 0.2) is 5.11 Å². The topological polar surface area (TPSA) is 43.0 Å². The van der Waals surface area contributed by atoms with Crippen molar-refractivity contribution >= 4 is 17.3 Å². The van der Waals surface area contributed by atoms with Crippen molar-refractivity contribution < 1.29 is 14.2 Å². The molecule has 6 heteroatoms. The third-order valence-electron chi connectivity index (χ3n) is 4.17. The van der Waals surface area contributed by atoms with E-state index in [1.54, 1.807) is 7.11 Å². The Bertz CT molecular complexity index is 521. The lowest BCUT2D eigenvalue weighted by molar-refractivity contribution is 0.0895. The number of benzene rings is 1. The summed E-state index contributed by atoms with van der Waals surface area (Å²) in [5.74, 6) is 0.921. The van der Waals surface area contributed by atoms with Gasteiger partial charge in [-0.25, -0.2) is 0 Å². The third-order valence-corrected chi connectivity index (χ3v) is 4.57. The van der Waals surface area contributed by atoms with E-state index in [0.29, 0.717) is 13.2 Å². The van der Waals surface area contributed by atoms with E-state index in [9.17, 15) is 0 Å². The lowest BCUT2D eigenvalue weighted by Gasteiger charge is -2.29. The van der Waals surface area contributed by atoms with Gasteiger partial charge in [0, 0.05) is 45.5 Å². The molecule has 140 valence electrons. The van der Waals surface area contributed by atoms with E-state index in [2.05, 4.69) is 16.3 Å². The summed E-state index contributed by atoms with van der Waals surface area (Å²) in [6.07, 6.45) is 3.40. The van der Waals surface area contributed by atoms with Gasteiger partial charge in [-0.3, -0.25) is 0 Å². The highest BCUT2D eigenvalue weighted by Gasteiger charge is 2.21. The highest BCUT2D eigenvalue weighted by molar-refractivity contribution is 7.80. The Morgan fingerprint density at radius 1 is 1.40 bits per heavy atom. The Labute approximate surface area is 156 Å². The summed E-state index contributed by atoms with van der Waals surface area (Å²) in [6.45, 7) is 6.56. The third kappa shape index (κ3) is 6.80. The fraction of sp³-hybridized carbons (Fsp3) is 0.632. The Morgan fingerprint density at radius 3 is 2.96 bits per heavy atom. The Hall–Kier alpha value is -1.37. The van der Waals surface area contributed by atoms with Gasteiger partial charge in [0.1, 0.15) is 5.75 Å². The minimum Gasteiger partial charge on any atom is -0.494 e. The molecule has 1 unspecified atom stereocenters. The molecule has 1 N–H and O–H groups in total. The van der Waals surface area contributed by atoms with Crippen LogP contribution in [0.25, 0.3) is 0 Å². The van der Waals surface area contributed by atoms with Gasteiger partial charge >= 0.3 is 0 Å². The number of nitrogens with zero attached hydrogens (tertiary/aromatic N) is 1. The maximum atomic E-state index is 5.81. The van der Waals surface area contributed by atoms with Crippen molar-refractivity contribution in [1.82, 2.24) is 10.2 Å². The molecule has 0 saturated carbocycles. The summed E-state index contributed by atoms with van der Waals surface area (Å²) >= 11 is 5.64. The quantitative estimate of drug-likeness (QED) is 0.507. The molecule has 1 aliphatic rings. The van der Waals surface area contributed by atoms with Crippen LogP contribution in [0.1, 0.15) is 31.7 Å². The second-order valence-electron chi connectivity index (χ2n) is 6.13. The van der Waals surface area contributed by atoms with Crippen LogP contribution in [0, 0.1) is 0 Å². The van der Waals surface area contributed by atoms with Gasteiger partial charge in [-0.15, -0.1) is 0 Å². The molecule has 0 bridgehead atoms. The van der Waals surface area contributed by atoms with Crippen molar-refractivity contribution in [3.05, 3.63) is 29.8 Å². The standard InChI is InChI=1S/C19H30N2O3S/c1-3-23-18-10-5-4-8-16(18)14-21(15-17-9-6-13-24-17)19(25)20-11-7-12-22-2/h4-5,8,10,17H,3,6-7,9,11-15H2,1-2H3,(H,20,25). The highest BCUT2D eigenvalue weighted by Crippen LogP contribution is 2.21. The second-order valence-corrected chi connectivity index (χ2v) is 6.52. The summed E-state index contributed by atoms with van der Waals surface area (Å²) in [5.41, 5.74) is 1.14. The van der Waals surface area contributed by atoms with Crippen LogP contribution in [0.3, 0.4) is 0 Å². The number of ether oxygens (including phenoxy) is 3. The zero-order chi connectivity index (χ0) is 17.9. The molecule has 2 rings (SSSR count). The van der Waals surface area contributed by atoms with E-state index in [4.69, 9.17) is 26.4 Å². The summed E-state index contributed by atoms with van der Waals surface area (Å²) in [4.78, 5) is 2.19. The van der Waals surface area contributed by atoms with Crippen LogP contribution in [-0.2, 0) is 16.0 Å². The van der Waals surface area contributed by atoms with Crippen LogP contribution in [0.4, 0.5) is 0 Å². The molecule has 1 aliphatic heterocycles. The van der Waals surface area contributed by atoms with Crippen molar-refractivity contribution in [2.75, 3.05) is 40.0 Å². The molecule has 1 saturated heterocycles. The minimum absolute atomic E-state index is 0.248. The molecule has 1 aromatic carbocycles. The smallest absolute Gasteiger partial charge is 0.169 e. The van der Waals surface area contributed by atoms with Gasteiger partial charge in [0.25, 0.3) is 0 Å². The number of rotatable bonds is 10. The van der Waals surface area contributed by atoms with Crippen LogP contribution in [0.5, 0.6) is 5.75 Å². The zero-order valence-corrected chi connectivity index (χ0v) is 16.1. The van der Waals surface area contributed by atoms with Gasteiger partial charge in [-0.2, -0.15) is 0 Å². The maximum absolute atomic E-state index is 5.81. The summed E-state index contributed by atoms with van der Waals surface area (Å²) in [6, 6.07) is 8.15. The number of hydrogen-bond donors (Lipinski definition) is 1. The first kappa shape index (κ1) is 19.9. The first-order valence-electron chi connectivity index (χ1n) is 9.08. The van der Waals surface area contributed by atoms with Gasteiger partial charge in [0.2, 0.25) is 0 Å². The first-order valence-corrected chi connectivity index (χ1v) is 9.49. The van der Waals surface area contributed by atoms with E-state index in [0.717, 1.165) is 62.0 Å². The van der Waals surface area contributed by atoms with E-state index >= 15 is 0 Å². The van der Waals surface area contributed by atoms with Crippen LogP contribution in [-0.4, -0.2) is 56.1 Å². The van der Waals surface area contributed by atoms with Gasteiger partial charge in [-0.1, -0.05) is 18.2 Å². The van der Waals surface area contributed by atoms with E-state index < -0.39 is 0 Å². The molecule has 25 heavy (non-hydrogen) atoms. The van der Waals surface area contributed by atoms with Crippen LogP contribution >= 0.6 is 12.2 Å². The first-order chi connectivity index (χ1) is 12.2. The SMILES string of the molecule is CCOc1ccccc1CN(CC1CCCO1)C(=S)NCCCOC. The molecule has 0 aromatic heterocycles. The number of nitrogens with one attached hydrogen (secondary N) is 1. The van der Waals surface area contributed by atoms with Gasteiger partial charge in [-0.05, 0) is 44.5 Å².